The maximum Gasteiger partial charge on any atom is 0.197 e. The van der Waals surface area contributed by atoms with Gasteiger partial charge in [-0.05, 0) is 115 Å². The molecule has 8 aromatic carbocycles. The molecule has 62 heavy (non-hydrogen) atoms. The molecule has 4 heteroatoms. The van der Waals surface area contributed by atoms with Crippen molar-refractivity contribution in [1.29, 1.82) is 0 Å². The molecule has 0 bridgehead atoms. The van der Waals surface area contributed by atoms with Crippen LogP contribution in [0.4, 0.5) is 11.4 Å². The highest BCUT2D eigenvalue weighted by atomic mass is 32.1. The third-order valence-corrected chi connectivity index (χ3v) is 15.9. The van der Waals surface area contributed by atoms with E-state index in [1.807, 2.05) is 11.3 Å². The van der Waals surface area contributed by atoms with Gasteiger partial charge in [-0.2, -0.15) is 0 Å². The van der Waals surface area contributed by atoms with E-state index in [-0.39, 0.29) is 16.2 Å². The highest BCUT2D eigenvalue weighted by molar-refractivity contribution is 7.25. The third-order valence-electron chi connectivity index (χ3n) is 14.8. The first kappa shape index (κ1) is 36.3. The average Bonchev–Trinajstić information content (AvgIpc) is 3.93. The first-order valence-corrected chi connectivity index (χ1v) is 22.9. The van der Waals surface area contributed by atoms with Crippen LogP contribution in [0.2, 0.25) is 0 Å². The second kappa shape index (κ2) is 12.2. The van der Waals surface area contributed by atoms with E-state index in [1.54, 1.807) is 0 Å². The van der Waals surface area contributed by atoms with E-state index in [0.717, 1.165) is 11.4 Å². The molecule has 2 nitrogen and oxygen atoms in total. The highest BCUT2D eigenvalue weighted by Crippen LogP contribution is 2.53. The quantitative estimate of drug-likeness (QED) is 0.176. The molecule has 0 spiro atoms. The summed E-state index contributed by atoms with van der Waals surface area (Å²) >= 11 is 1.87. The number of rotatable bonds is 3. The minimum Gasteiger partial charge on any atom is -0.355 e. The summed E-state index contributed by atoms with van der Waals surface area (Å²) < 4.78 is 5.23. The van der Waals surface area contributed by atoms with E-state index in [2.05, 4.69) is 211 Å². The number of benzene rings is 8. The molecule has 0 saturated heterocycles. The van der Waals surface area contributed by atoms with Crippen LogP contribution in [0, 0.1) is 0 Å². The average molecular weight is 814 g/mol. The number of nitrogens with zero attached hydrogens (tertiary/aromatic N) is 1. The SMILES string of the molecule is CC(C)(C)c1ccc(Nc2cc3sc4ccccc4c3cc2-c2ccc3c4cc5c(cc4n4c3c2[B]c2cc3c(cc2-4)C(C)(C)c2ccccc2-3)C(C)(C)c2ccccc2-5)cc1. The molecule has 3 heterocycles. The number of anilines is 2. The number of nitrogens with one attached hydrogen (secondary N) is 1. The molecule has 1 aliphatic heterocycles. The van der Waals surface area contributed by atoms with Crippen LogP contribution in [0.25, 0.3) is 81.0 Å². The van der Waals surface area contributed by atoms with Gasteiger partial charge >= 0.3 is 0 Å². The van der Waals surface area contributed by atoms with E-state index < -0.39 is 0 Å². The van der Waals surface area contributed by atoms with E-state index >= 15 is 0 Å². The van der Waals surface area contributed by atoms with Crippen molar-refractivity contribution < 1.29 is 0 Å². The zero-order chi connectivity index (χ0) is 42.0. The number of hydrogen-bond acceptors (Lipinski definition) is 2. The summed E-state index contributed by atoms with van der Waals surface area (Å²) in [6.45, 7) is 16.4. The van der Waals surface area contributed by atoms with Crippen molar-refractivity contribution >= 4 is 82.9 Å². The number of hydrogen-bond donors (Lipinski definition) is 1. The number of aromatic nitrogens is 1. The molecule has 1 N–H and O–H groups in total. The van der Waals surface area contributed by atoms with Gasteiger partial charge in [0.1, 0.15) is 0 Å². The fourth-order valence-corrected chi connectivity index (χ4v) is 12.6. The summed E-state index contributed by atoms with van der Waals surface area (Å²) in [5.41, 5.74) is 23.2. The molecule has 0 amide bonds. The topological polar surface area (TPSA) is 17.0 Å². The molecule has 0 saturated carbocycles. The van der Waals surface area contributed by atoms with Gasteiger partial charge in [0, 0.05) is 69.9 Å². The van der Waals surface area contributed by atoms with Crippen molar-refractivity contribution in [2.45, 2.75) is 64.7 Å². The van der Waals surface area contributed by atoms with Crippen LogP contribution in [-0.4, -0.2) is 11.8 Å². The molecule has 10 aromatic rings. The Morgan fingerprint density at radius 2 is 1.16 bits per heavy atom. The van der Waals surface area contributed by atoms with Gasteiger partial charge in [0.05, 0.1) is 5.52 Å². The third kappa shape index (κ3) is 4.82. The summed E-state index contributed by atoms with van der Waals surface area (Å²) in [6.07, 6.45) is 0. The predicted molar refractivity (Wildman–Crippen MR) is 268 cm³/mol. The fraction of sp³-hybridized carbons (Fsp3) is 0.172. The largest absolute Gasteiger partial charge is 0.355 e. The minimum absolute atomic E-state index is 0.0829. The summed E-state index contributed by atoms with van der Waals surface area (Å²) in [4.78, 5) is 0. The van der Waals surface area contributed by atoms with Crippen molar-refractivity contribution in [3.8, 4) is 39.1 Å². The lowest BCUT2D eigenvalue weighted by atomic mass is 9.58. The van der Waals surface area contributed by atoms with Gasteiger partial charge in [0.15, 0.2) is 7.28 Å². The van der Waals surface area contributed by atoms with Crippen LogP contribution in [-0.2, 0) is 16.2 Å². The summed E-state index contributed by atoms with van der Waals surface area (Å²) in [7, 11) is 2.50. The predicted octanol–water partition coefficient (Wildman–Crippen LogP) is 14.4. The highest BCUT2D eigenvalue weighted by Gasteiger charge is 2.40. The lowest BCUT2D eigenvalue weighted by Gasteiger charge is -2.27. The second-order valence-electron chi connectivity index (χ2n) is 20.1. The van der Waals surface area contributed by atoms with Gasteiger partial charge in [0.2, 0.25) is 0 Å². The van der Waals surface area contributed by atoms with Gasteiger partial charge < -0.3 is 9.88 Å². The molecule has 0 fully saturated rings. The Balaban J connectivity index is 1.11. The molecule has 1 radical (unpaired) electrons. The Morgan fingerprint density at radius 1 is 0.516 bits per heavy atom. The van der Waals surface area contributed by atoms with Crippen molar-refractivity contribution in [3.63, 3.8) is 0 Å². The van der Waals surface area contributed by atoms with Gasteiger partial charge in [-0.3, -0.25) is 0 Å². The van der Waals surface area contributed by atoms with E-state index in [0.29, 0.717) is 0 Å². The first-order valence-electron chi connectivity index (χ1n) is 22.1. The van der Waals surface area contributed by atoms with Crippen LogP contribution < -0.4 is 16.2 Å². The van der Waals surface area contributed by atoms with Crippen LogP contribution in [0.5, 0.6) is 0 Å². The van der Waals surface area contributed by atoms with Gasteiger partial charge in [-0.1, -0.05) is 151 Å². The molecule has 297 valence electrons. The van der Waals surface area contributed by atoms with E-state index in [4.69, 9.17) is 0 Å². The summed E-state index contributed by atoms with van der Waals surface area (Å²) in [6, 6.07) is 55.7. The Morgan fingerprint density at radius 3 is 1.89 bits per heavy atom. The monoisotopic (exact) mass is 813 g/mol. The van der Waals surface area contributed by atoms with E-state index in [9.17, 15) is 0 Å². The normalized spacial score (nSPS) is 15.1. The van der Waals surface area contributed by atoms with Crippen molar-refractivity contribution in [2.24, 2.45) is 0 Å². The Bertz CT molecular complexity index is 3610. The summed E-state index contributed by atoms with van der Waals surface area (Å²) in [5.74, 6) is 0. The zero-order valence-electron chi connectivity index (χ0n) is 36.3. The second-order valence-corrected chi connectivity index (χ2v) is 21.1. The van der Waals surface area contributed by atoms with Crippen LogP contribution in [0.3, 0.4) is 0 Å². The maximum absolute atomic E-state index is 3.95. The van der Waals surface area contributed by atoms with Gasteiger partial charge in [0.25, 0.3) is 0 Å². The van der Waals surface area contributed by atoms with Gasteiger partial charge in [-0.25, -0.2) is 0 Å². The van der Waals surface area contributed by atoms with E-state index in [1.165, 1.54) is 120 Å². The lowest BCUT2D eigenvalue weighted by Crippen LogP contribution is -2.37. The minimum atomic E-state index is -0.111. The zero-order valence-corrected chi connectivity index (χ0v) is 37.1. The standard InChI is InChI=1S/C58H46BN2S/c1-56(2,3)32-20-22-33(23-21-32)60-49-31-53-43(36-16-10-13-19-52(36)62-53)27-41(49)37-24-25-38-42-26-39-34-14-8-11-17-44(34)57(4,5)46(39)29-50(42)61-51-30-47-40(28-48(51)59-54(37)55(38)61)35-15-9-12-18-45(35)58(47,6)7/h8-31,60H,1-7H3. The smallest absolute Gasteiger partial charge is 0.197 e. The Labute approximate surface area is 368 Å². The number of fused-ring (bicyclic) bond motifs is 14. The van der Waals surface area contributed by atoms with Crippen molar-refractivity contribution in [1.82, 2.24) is 4.57 Å². The molecular weight excluding hydrogens is 768 g/mol. The Hall–Kier alpha value is -6.36. The molecule has 3 aliphatic rings. The first-order chi connectivity index (χ1) is 29.9. The number of thiophene rings is 1. The fourth-order valence-electron chi connectivity index (χ4n) is 11.5. The van der Waals surface area contributed by atoms with Crippen LogP contribution in [0.1, 0.15) is 76.3 Å². The molecular formula is C58H46BN2S. The van der Waals surface area contributed by atoms with Crippen LogP contribution >= 0.6 is 11.3 Å². The molecule has 2 aromatic heterocycles. The summed E-state index contributed by atoms with van der Waals surface area (Å²) in [5, 5.41) is 9.16. The van der Waals surface area contributed by atoms with Crippen LogP contribution in [0.15, 0.2) is 146 Å². The van der Waals surface area contributed by atoms with Gasteiger partial charge in [-0.15, -0.1) is 11.3 Å². The lowest BCUT2D eigenvalue weighted by molar-refractivity contribution is 0.590. The Kier molecular flexibility index (Phi) is 7.13. The molecule has 0 unspecified atom stereocenters. The maximum atomic E-state index is 3.95. The molecule has 2 aliphatic carbocycles. The van der Waals surface area contributed by atoms with Crippen molar-refractivity contribution in [3.05, 3.63) is 173 Å². The molecule has 0 atom stereocenters. The van der Waals surface area contributed by atoms with Crippen molar-refractivity contribution in [2.75, 3.05) is 5.32 Å². The molecule has 13 rings (SSSR count).